The van der Waals surface area contributed by atoms with Gasteiger partial charge in [-0.1, -0.05) is 24.3 Å². The zero-order valence-corrected chi connectivity index (χ0v) is 10.3. The topological polar surface area (TPSA) is 25.2 Å². The van der Waals surface area contributed by atoms with Gasteiger partial charge in [0, 0.05) is 6.04 Å². The molecule has 1 N–H and O–H groups in total. The molecule has 2 aromatic rings. The monoisotopic (exact) mass is 245 g/mol. The minimum Gasteiger partial charge on any atom is -0.468 e. The van der Waals surface area contributed by atoms with Crippen LogP contribution in [0.3, 0.4) is 0 Å². The highest BCUT2D eigenvalue weighted by molar-refractivity contribution is 5.49. The first kappa shape index (κ1) is 12.6. The van der Waals surface area contributed by atoms with Gasteiger partial charge in [-0.2, -0.15) is 0 Å². The molecule has 0 aliphatic rings. The minimum atomic E-state index is -0.212. The van der Waals surface area contributed by atoms with Gasteiger partial charge in [0.2, 0.25) is 0 Å². The van der Waals surface area contributed by atoms with Crippen molar-refractivity contribution in [2.75, 3.05) is 0 Å². The summed E-state index contributed by atoms with van der Waals surface area (Å²) in [6.07, 6.45) is 5.67. The molecule has 0 spiro atoms. The van der Waals surface area contributed by atoms with E-state index in [9.17, 15) is 4.39 Å². The van der Waals surface area contributed by atoms with Crippen molar-refractivity contribution >= 4 is 6.08 Å². The van der Waals surface area contributed by atoms with Gasteiger partial charge in [0.15, 0.2) is 0 Å². The molecule has 2 nitrogen and oxygen atoms in total. The van der Waals surface area contributed by atoms with Crippen molar-refractivity contribution in [1.29, 1.82) is 0 Å². The Morgan fingerprint density at radius 2 is 2.06 bits per heavy atom. The van der Waals surface area contributed by atoms with Gasteiger partial charge in [-0.15, -0.1) is 0 Å². The zero-order valence-electron chi connectivity index (χ0n) is 10.3. The van der Waals surface area contributed by atoms with E-state index in [1.807, 2.05) is 24.3 Å². The van der Waals surface area contributed by atoms with E-state index in [0.29, 0.717) is 6.54 Å². The molecule has 1 unspecified atom stereocenters. The molecule has 0 amide bonds. The minimum absolute atomic E-state index is 0.212. The lowest BCUT2D eigenvalue weighted by molar-refractivity contribution is 0.474. The molecule has 0 aliphatic carbocycles. The molecule has 94 valence electrons. The Hall–Kier alpha value is -1.87. The second-order valence-electron chi connectivity index (χ2n) is 4.16. The number of furan rings is 1. The summed E-state index contributed by atoms with van der Waals surface area (Å²) in [7, 11) is 0. The normalized spacial score (nSPS) is 13.0. The van der Waals surface area contributed by atoms with E-state index in [0.717, 1.165) is 11.3 Å². The molecule has 1 aromatic heterocycles. The summed E-state index contributed by atoms with van der Waals surface area (Å²) in [5.41, 5.74) is 0.989. The number of hydrogen-bond acceptors (Lipinski definition) is 2. The van der Waals surface area contributed by atoms with E-state index >= 15 is 0 Å². The highest BCUT2D eigenvalue weighted by atomic mass is 19.1. The average Bonchev–Trinajstić information content (AvgIpc) is 2.89. The fraction of sp³-hybridized carbons (Fsp3) is 0.200. The van der Waals surface area contributed by atoms with Crippen LogP contribution in [0, 0.1) is 5.82 Å². The Morgan fingerprint density at radius 3 is 2.72 bits per heavy atom. The molecular formula is C15H16FNO. The van der Waals surface area contributed by atoms with Crippen molar-refractivity contribution in [3.05, 3.63) is 65.9 Å². The molecule has 0 fully saturated rings. The van der Waals surface area contributed by atoms with Gasteiger partial charge < -0.3 is 9.73 Å². The van der Waals surface area contributed by atoms with Crippen LogP contribution >= 0.6 is 0 Å². The number of nitrogens with one attached hydrogen (secondary N) is 1. The maximum Gasteiger partial charge on any atom is 0.123 e. The van der Waals surface area contributed by atoms with E-state index in [1.165, 1.54) is 12.1 Å². The Balaban J connectivity index is 1.83. The van der Waals surface area contributed by atoms with Gasteiger partial charge in [0.1, 0.15) is 11.6 Å². The van der Waals surface area contributed by atoms with Gasteiger partial charge in [-0.25, -0.2) is 4.39 Å². The second-order valence-corrected chi connectivity index (χ2v) is 4.16. The molecular weight excluding hydrogens is 229 g/mol. The summed E-state index contributed by atoms with van der Waals surface area (Å²) in [6, 6.07) is 10.5. The van der Waals surface area contributed by atoms with Crippen LogP contribution in [-0.4, -0.2) is 6.04 Å². The van der Waals surface area contributed by atoms with E-state index in [1.54, 1.807) is 18.4 Å². The Bertz CT molecular complexity index is 488. The molecule has 1 aromatic carbocycles. The van der Waals surface area contributed by atoms with Crippen LogP contribution in [0.15, 0.2) is 53.2 Å². The van der Waals surface area contributed by atoms with Crippen molar-refractivity contribution < 1.29 is 8.81 Å². The first-order valence-corrected chi connectivity index (χ1v) is 5.93. The third-order valence-electron chi connectivity index (χ3n) is 2.63. The number of hydrogen-bond donors (Lipinski definition) is 1. The van der Waals surface area contributed by atoms with Crippen LogP contribution in [0.1, 0.15) is 18.2 Å². The average molecular weight is 245 g/mol. The fourth-order valence-electron chi connectivity index (χ4n) is 1.57. The lowest BCUT2D eigenvalue weighted by Gasteiger charge is -2.07. The molecule has 2 rings (SSSR count). The smallest absolute Gasteiger partial charge is 0.123 e. The lowest BCUT2D eigenvalue weighted by Crippen LogP contribution is -2.22. The van der Waals surface area contributed by atoms with E-state index in [4.69, 9.17) is 4.42 Å². The van der Waals surface area contributed by atoms with Crippen LogP contribution in [-0.2, 0) is 6.54 Å². The summed E-state index contributed by atoms with van der Waals surface area (Å²) < 4.78 is 17.9. The van der Waals surface area contributed by atoms with Gasteiger partial charge in [-0.3, -0.25) is 0 Å². The SMILES string of the molecule is CC(/C=C/c1ccc(F)cc1)NCc1ccco1. The summed E-state index contributed by atoms with van der Waals surface area (Å²) in [5.74, 6) is 0.702. The van der Waals surface area contributed by atoms with Crippen molar-refractivity contribution in [1.82, 2.24) is 5.32 Å². The first-order chi connectivity index (χ1) is 8.74. The van der Waals surface area contributed by atoms with Gasteiger partial charge >= 0.3 is 0 Å². The van der Waals surface area contributed by atoms with Crippen LogP contribution in [0.5, 0.6) is 0 Å². The number of rotatable bonds is 5. The van der Waals surface area contributed by atoms with Gasteiger partial charge in [0.05, 0.1) is 12.8 Å². The second kappa shape index (κ2) is 6.17. The predicted molar refractivity (Wildman–Crippen MR) is 70.4 cm³/mol. The molecule has 18 heavy (non-hydrogen) atoms. The van der Waals surface area contributed by atoms with Crippen molar-refractivity contribution in [3.63, 3.8) is 0 Å². The fourth-order valence-corrected chi connectivity index (χ4v) is 1.57. The summed E-state index contributed by atoms with van der Waals surface area (Å²) in [5, 5.41) is 3.31. The van der Waals surface area contributed by atoms with Crippen molar-refractivity contribution in [3.8, 4) is 0 Å². The van der Waals surface area contributed by atoms with Crippen LogP contribution in [0.2, 0.25) is 0 Å². The molecule has 3 heteroatoms. The Morgan fingerprint density at radius 1 is 1.28 bits per heavy atom. The zero-order chi connectivity index (χ0) is 12.8. The predicted octanol–water partition coefficient (Wildman–Crippen LogP) is 3.61. The maximum absolute atomic E-state index is 12.7. The molecule has 0 radical (unpaired) electrons. The highest BCUT2D eigenvalue weighted by Crippen LogP contribution is 2.06. The molecule has 0 bridgehead atoms. The van der Waals surface area contributed by atoms with Gasteiger partial charge in [-0.05, 0) is 36.8 Å². The number of benzene rings is 1. The van der Waals surface area contributed by atoms with Crippen LogP contribution in [0.25, 0.3) is 6.08 Å². The van der Waals surface area contributed by atoms with Crippen molar-refractivity contribution in [2.45, 2.75) is 19.5 Å². The molecule has 0 saturated heterocycles. The lowest BCUT2D eigenvalue weighted by atomic mass is 10.2. The van der Waals surface area contributed by atoms with Gasteiger partial charge in [0.25, 0.3) is 0 Å². The van der Waals surface area contributed by atoms with E-state index < -0.39 is 0 Å². The Labute approximate surface area is 106 Å². The number of halogens is 1. The van der Waals surface area contributed by atoms with E-state index in [-0.39, 0.29) is 11.9 Å². The molecule has 0 saturated carbocycles. The quantitative estimate of drug-likeness (QED) is 0.870. The summed E-state index contributed by atoms with van der Waals surface area (Å²) in [6.45, 7) is 2.75. The molecule has 1 atom stereocenters. The third-order valence-corrected chi connectivity index (χ3v) is 2.63. The maximum atomic E-state index is 12.7. The summed E-state index contributed by atoms with van der Waals surface area (Å²) in [4.78, 5) is 0. The standard InChI is InChI=1S/C15H16FNO/c1-12(17-11-15-3-2-10-18-15)4-5-13-6-8-14(16)9-7-13/h2-10,12,17H,11H2,1H3/b5-4+. The highest BCUT2D eigenvalue weighted by Gasteiger charge is 1.98. The third kappa shape index (κ3) is 3.86. The van der Waals surface area contributed by atoms with E-state index in [2.05, 4.69) is 12.2 Å². The molecule has 1 heterocycles. The van der Waals surface area contributed by atoms with Crippen LogP contribution < -0.4 is 5.32 Å². The Kier molecular flexibility index (Phi) is 4.31. The molecule has 0 aliphatic heterocycles. The van der Waals surface area contributed by atoms with Crippen molar-refractivity contribution in [2.24, 2.45) is 0 Å². The summed E-state index contributed by atoms with van der Waals surface area (Å²) >= 11 is 0. The first-order valence-electron chi connectivity index (χ1n) is 5.93. The largest absolute Gasteiger partial charge is 0.468 e. The van der Waals surface area contributed by atoms with Crippen LogP contribution in [0.4, 0.5) is 4.39 Å².